The predicted molar refractivity (Wildman–Crippen MR) is 95.9 cm³/mol. The van der Waals surface area contributed by atoms with Gasteiger partial charge in [-0.2, -0.15) is 13.2 Å². The largest absolute Gasteiger partial charge is 0.416 e. The van der Waals surface area contributed by atoms with Gasteiger partial charge in [0.1, 0.15) is 0 Å². The van der Waals surface area contributed by atoms with E-state index in [2.05, 4.69) is 15.6 Å². The molecule has 2 unspecified atom stereocenters. The van der Waals surface area contributed by atoms with Crippen molar-refractivity contribution in [2.75, 3.05) is 6.54 Å². The Morgan fingerprint density at radius 2 is 2.04 bits per heavy atom. The Morgan fingerprint density at radius 1 is 1.30 bits per heavy atom. The van der Waals surface area contributed by atoms with Crippen molar-refractivity contribution in [2.45, 2.75) is 37.9 Å². The lowest BCUT2D eigenvalue weighted by molar-refractivity contribution is -0.137. The molecule has 0 radical (unpaired) electrons. The first kappa shape index (κ1) is 21.2. The number of carbonyl (C=O) groups excluding carboxylic acids is 1. The molecular weight excluding hydrogens is 383 g/mol. The summed E-state index contributed by atoms with van der Waals surface area (Å²) in [5.74, 6) is -0.167. The number of halogens is 4. The van der Waals surface area contributed by atoms with Gasteiger partial charge < -0.3 is 11.1 Å². The fraction of sp³-hybridized carbons (Fsp3) is 0.471. The predicted octanol–water partition coefficient (Wildman–Crippen LogP) is 2.96. The monoisotopic (exact) mass is 403 g/mol. The van der Waals surface area contributed by atoms with Gasteiger partial charge >= 0.3 is 6.18 Å². The van der Waals surface area contributed by atoms with Crippen LogP contribution < -0.4 is 11.1 Å². The van der Waals surface area contributed by atoms with Crippen molar-refractivity contribution in [1.82, 2.24) is 20.3 Å². The first-order chi connectivity index (χ1) is 12.4. The van der Waals surface area contributed by atoms with E-state index in [0.29, 0.717) is 6.54 Å². The SMILES string of the molecule is Cl.NCC1CCCCC1NC(=O)c1cn(-c2cccc(C(F)(F)F)c2)nn1. The molecule has 148 valence electrons. The molecule has 0 aliphatic heterocycles. The molecular formula is C17H21ClF3N5O. The molecule has 2 aromatic rings. The van der Waals surface area contributed by atoms with Crippen molar-refractivity contribution in [1.29, 1.82) is 0 Å². The van der Waals surface area contributed by atoms with Crippen LogP contribution in [-0.4, -0.2) is 33.5 Å². The van der Waals surface area contributed by atoms with Gasteiger partial charge in [-0.1, -0.05) is 24.1 Å². The van der Waals surface area contributed by atoms with Crippen LogP contribution in [-0.2, 0) is 6.18 Å². The zero-order chi connectivity index (χ0) is 18.7. The molecule has 10 heteroatoms. The number of hydrogen-bond acceptors (Lipinski definition) is 4. The Morgan fingerprint density at radius 3 is 2.74 bits per heavy atom. The molecule has 3 rings (SSSR count). The van der Waals surface area contributed by atoms with Crippen molar-refractivity contribution in [3.05, 3.63) is 41.7 Å². The first-order valence-electron chi connectivity index (χ1n) is 8.49. The summed E-state index contributed by atoms with van der Waals surface area (Å²) >= 11 is 0. The van der Waals surface area contributed by atoms with Gasteiger partial charge in [-0.15, -0.1) is 17.5 Å². The second kappa shape index (κ2) is 8.71. The van der Waals surface area contributed by atoms with E-state index < -0.39 is 17.6 Å². The summed E-state index contributed by atoms with van der Waals surface area (Å²) in [4.78, 5) is 12.4. The number of nitrogens with zero attached hydrogens (tertiary/aromatic N) is 3. The Bertz CT molecular complexity index is 780. The molecule has 1 amide bonds. The normalized spacial score (nSPS) is 20.0. The van der Waals surface area contributed by atoms with Crippen molar-refractivity contribution >= 4 is 18.3 Å². The van der Waals surface area contributed by atoms with Crippen LogP contribution in [0.15, 0.2) is 30.5 Å². The number of amides is 1. The summed E-state index contributed by atoms with van der Waals surface area (Å²) in [7, 11) is 0. The molecule has 0 spiro atoms. The number of hydrogen-bond donors (Lipinski definition) is 2. The minimum Gasteiger partial charge on any atom is -0.348 e. The van der Waals surface area contributed by atoms with Gasteiger partial charge in [-0.25, -0.2) is 4.68 Å². The molecule has 1 aromatic heterocycles. The summed E-state index contributed by atoms with van der Waals surface area (Å²) in [5, 5.41) is 10.5. The maximum atomic E-state index is 12.8. The average Bonchev–Trinajstić information content (AvgIpc) is 3.12. The van der Waals surface area contributed by atoms with Crippen molar-refractivity contribution in [3.63, 3.8) is 0 Å². The molecule has 1 aliphatic rings. The minimum atomic E-state index is -4.45. The van der Waals surface area contributed by atoms with E-state index in [-0.39, 0.29) is 35.7 Å². The van der Waals surface area contributed by atoms with Crippen LogP contribution in [0.25, 0.3) is 5.69 Å². The van der Waals surface area contributed by atoms with Crippen molar-refractivity contribution in [3.8, 4) is 5.69 Å². The Kier molecular flexibility index (Phi) is 6.83. The van der Waals surface area contributed by atoms with Gasteiger partial charge in [0.05, 0.1) is 17.4 Å². The third-order valence-electron chi connectivity index (χ3n) is 4.69. The molecule has 3 N–H and O–H groups in total. The lowest BCUT2D eigenvalue weighted by atomic mass is 9.84. The fourth-order valence-corrected chi connectivity index (χ4v) is 3.24. The van der Waals surface area contributed by atoms with Gasteiger partial charge in [0.2, 0.25) is 0 Å². The fourth-order valence-electron chi connectivity index (χ4n) is 3.24. The second-order valence-electron chi connectivity index (χ2n) is 6.46. The Balaban J connectivity index is 0.00000261. The number of benzene rings is 1. The van der Waals surface area contributed by atoms with Gasteiger partial charge in [-0.05, 0) is 43.5 Å². The van der Waals surface area contributed by atoms with Crippen LogP contribution >= 0.6 is 12.4 Å². The Hall–Kier alpha value is -2.13. The molecule has 1 saturated carbocycles. The maximum absolute atomic E-state index is 12.8. The van der Waals surface area contributed by atoms with Crippen LogP contribution in [0.4, 0.5) is 13.2 Å². The van der Waals surface area contributed by atoms with Crippen molar-refractivity contribution in [2.24, 2.45) is 11.7 Å². The van der Waals surface area contributed by atoms with E-state index in [0.717, 1.165) is 42.5 Å². The third-order valence-corrected chi connectivity index (χ3v) is 4.69. The lowest BCUT2D eigenvalue weighted by Gasteiger charge is -2.30. The zero-order valence-electron chi connectivity index (χ0n) is 14.4. The van der Waals surface area contributed by atoms with Gasteiger partial charge in [0.25, 0.3) is 5.91 Å². The number of carbonyl (C=O) groups is 1. The van der Waals surface area contributed by atoms with E-state index in [1.165, 1.54) is 18.3 Å². The molecule has 2 atom stereocenters. The topological polar surface area (TPSA) is 85.8 Å². The van der Waals surface area contributed by atoms with Crippen LogP contribution in [0.5, 0.6) is 0 Å². The summed E-state index contributed by atoms with van der Waals surface area (Å²) in [6, 6.07) is 4.68. The van der Waals surface area contributed by atoms with Crippen LogP contribution in [0.3, 0.4) is 0 Å². The standard InChI is InChI=1S/C17H20F3N5O.ClH/c18-17(19,20)12-5-3-6-13(8-12)25-10-15(23-24-25)16(26)22-14-7-2-1-4-11(14)9-21;/h3,5-6,8,10-11,14H,1-2,4,7,9,21H2,(H,22,26);1H. The quantitative estimate of drug-likeness (QED) is 0.821. The average molecular weight is 404 g/mol. The smallest absolute Gasteiger partial charge is 0.348 e. The molecule has 6 nitrogen and oxygen atoms in total. The van der Waals surface area contributed by atoms with Crippen molar-refractivity contribution < 1.29 is 18.0 Å². The van der Waals surface area contributed by atoms with E-state index in [1.54, 1.807) is 0 Å². The molecule has 1 heterocycles. The van der Waals surface area contributed by atoms with Gasteiger partial charge in [-0.3, -0.25) is 4.79 Å². The van der Waals surface area contributed by atoms with E-state index in [4.69, 9.17) is 5.73 Å². The molecule has 0 bridgehead atoms. The number of nitrogens with two attached hydrogens (primary N) is 1. The van der Waals surface area contributed by atoms with Crippen LogP contribution in [0.2, 0.25) is 0 Å². The highest BCUT2D eigenvalue weighted by atomic mass is 35.5. The third kappa shape index (κ3) is 4.98. The molecule has 27 heavy (non-hydrogen) atoms. The summed E-state index contributed by atoms with van der Waals surface area (Å²) in [5.41, 5.74) is 5.22. The number of alkyl halides is 3. The summed E-state index contributed by atoms with van der Waals surface area (Å²) < 4.78 is 39.6. The highest BCUT2D eigenvalue weighted by Crippen LogP contribution is 2.30. The first-order valence-corrected chi connectivity index (χ1v) is 8.49. The Labute approximate surface area is 160 Å². The maximum Gasteiger partial charge on any atom is 0.416 e. The van der Waals surface area contributed by atoms with E-state index in [1.807, 2.05) is 0 Å². The number of aromatic nitrogens is 3. The number of nitrogens with one attached hydrogen (secondary N) is 1. The van der Waals surface area contributed by atoms with Crippen LogP contribution in [0.1, 0.15) is 41.7 Å². The van der Waals surface area contributed by atoms with E-state index >= 15 is 0 Å². The molecule has 1 aromatic carbocycles. The van der Waals surface area contributed by atoms with E-state index in [9.17, 15) is 18.0 Å². The van der Waals surface area contributed by atoms with Gasteiger partial charge in [0.15, 0.2) is 5.69 Å². The highest BCUT2D eigenvalue weighted by molar-refractivity contribution is 5.92. The zero-order valence-corrected chi connectivity index (χ0v) is 15.3. The molecule has 1 fully saturated rings. The number of rotatable bonds is 4. The minimum absolute atomic E-state index is 0. The molecule has 1 aliphatic carbocycles. The van der Waals surface area contributed by atoms with Crippen LogP contribution in [0, 0.1) is 5.92 Å². The summed E-state index contributed by atoms with van der Waals surface area (Å²) in [6.07, 6.45) is 0.826. The summed E-state index contributed by atoms with van der Waals surface area (Å²) in [6.45, 7) is 0.502. The molecule has 0 saturated heterocycles. The second-order valence-corrected chi connectivity index (χ2v) is 6.46. The van der Waals surface area contributed by atoms with Gasteiger partial charge in [0, 0.05) is 6.04 Å². The highest BCUT2D eigenvalue weighted by Gasteiger charge is 2.31. The lowest BCUT2D eigenvalue weighted by Crippen LogP contribution is -2.44.